The molecule has 1 atom stereocenters. The van der Waals surface area contributed by atoms with Gasteiger partial charge in [0.25, 0.3) is 0 Å². The number of likely N-dealkylation sites (tertiary alicyclic amines) is 1. The number of nitrogens with zero attached hydrogens (tertiary/aromatic N) is 2. The first-order chi connectivity index (χ1) is 14.4. The Morgan fingerprint density at radius 2 is 2.07 bits per heavy atom. The lowest BCUT2D eigenvalue weighted by Crippen LogP contribution is -2.41. The van der Waals surface area contributed by atoms with Gasteiger partial charge in [-0.25, -0.2) is 0 Å². The minimum Gasteiger partial charge on any atom is -0.383 e. The van der Waals surface area contributed by atoms with E-state index < -0.39 is 5.60 Å². The minimum atomic E-state index is -0.950. The molecule has 0 radical (unpaired) electrons. The maximum atomic E-state index is 9.84. The second-order valence-electron chi connectivity index (χ2n) is 9.18. The molecule has 2 saturated heterocycles. The zero-order chi connectivity index (χ0) is 21.4. The first-order valence-corrected chi connectivity index (χ1v) is 12.1. The zero-order valence-corrected chi connectivity index (χ0v) is 19.7. The summed E-state index contributed by atoms with van der Waals surface area (Å²) in [4.78, 5) is 7.49. The highest BCUT2D eigenvalue weighted by Gasteiger charge is 2.25. The fourth-order valence-corrected chi connectivity index (χ4v) is 5.13. The van der Waals surface area contributed by atoms with Crippen LogP contribution in [0.25, 0.3) is 0 Å². The van der Waals surface area contributed by atoms with Crippen LogP contribution in [-0.4, -0.2) is 79.7 Å². The van der Waals surface area contributed by atoms with Crippen molar-refractivity contribution in [3.8, 4) is 11.8 Å². The molecule has 2 fully saturated rings. The van der Waals surface area contributed by atoms with Crippen LogP contribution in [0.2, 0.25) is 0 Å². The summed E-state index contributed by atoms with van der Waals surface area (Å²) in [6, 6.07) is 4.27. The van der Waals surface area contributed by atoms with Crippen LogP contribution in [0.4, 0.5) is 0 Å². The third-order valence-electron chi connectivity index (χ3n) is 5.85. The van der Waals surface area contributed by atoms with Crippen LogP contribution in [0.5, 0.6) is 0 Å². The Morgan fingerprint density at radius 3 is 2.73 bits per heavy atom. The van der Waals surface area contributed by atoms with E-state index in [4.69, 9.17) is 9.47 Å². The van der Waals surface area contributed by atoms with Gasteiger partial charge in [-0.3, -0.25) is 4.90 Å². The molecular weight excluding hydrogens is 396 g/mol. The lowest BCUT2D eigenvalue weighted by molar-refractivity contribution is 0.0555. The van der Waals surface area contributed by atoms with E-state index in [-0.39, 0.29) is 0 Å². The highest BCUT2D eigenvalue weighted by atomic mass is 32.1. The quantitative estimate of drug-likeness (QED) is 0.605. The van der Waals surface area contributed by atoms with Crippen LogP contribution in [0.15, 0.2) is 12.1 Å². The van der Waals surface area contributed by atoms with Gasteiger partial charge in [0.05, 0.1) is 17.6 Å². The Balaban J connectivity index is 1.56. The van der Waals surface area contributed by atoms with Gasteiger partial charge in [-0.05, 0) is 70.7 Å². The first-order valence-electron chi connectivity index (χ1n) is 11.3. The smallest absolute Gasteiger partial charge is 0.120 e. The molecule has 0 saturated carbocycles. The number of ether oxygens (including phenoxy) is 2. The molecule has 0 amide bonds. The summed E-state index contributed by atoms with van der Waals surface area (Å²) in [6.45, 7) is 11.7. The molecule has 6 heteroatoms. The maximum absolute atomic E-state index is 9.84. The highest BCUT2D eigenvalue weighted by Crippen LogP contribution is 2.24. The van der Waals surface area contributed by atoms with Gasteiger partial charge in [-0.2, -0.15) is 0 Å². The third kappa shape index (κ3) is 8.30. The number of aliphatic hydroxyl groups is 1. The Morgan fingerprint density at radius 1 is 1.27 bits per heavy atom. The molecule has 2 aliphatic heterocycles. The molecule has 0 spiro atoms. The lowest BCUT2D eigenvalue weighted by atomic mass is 9.96. The molecule has 1 aromatic rings. The fraction of sp³-hybridized carbons (Fsp3) is 0.750. The standard InChI is InChI=1S/C24H38N2O3S/c1-24(2,27)11-8-22-6-7-23(30-22)19-26(18-21-5-4-15-29-21)17-20-9-12-25(13-10-20)14-16-28-3/h6-7,20-21,27H,4-5,9-10,12-19H2,1-3H3. The van der Waals surface area contributed by atoms with Crippen molar-refractivity contribution < 1.29 is 14.6 Å². The molecule has 1 aromatic heterocycles. The predicted molar refractivity (Wildman–Crippen MR) is 123 cm³/mol. The molecule has 1 unspecified atom stereocenters. The SMILES string of the molecule is COCCN1CCC(CN(Cc2ccc(C#CC(C)(C)O)s2)CC2CCCO2)CC1. The van der Waals surface area contributed by atoms with Crippen LogP contribution in [-0.2, 0) is 16.0 Å². The summed E-state index contributed by atoms with van der Waals surface area (Å²) < 4.78 is 11.2. The van der Waals surface area contributed by atoms with E-state index in [0.717, 1.165) is 50.2 Å². The Labute approximate surface area is 186 Å². The van der Waals surface area contributed by atoms with Crippen molar-refractivity contribution in [3.05, 3.63) is 21.9 Å². The number of methoxy groups -OCH3 is 1. The van der Waals surface area contributed by atoms with Crippen LogP contribution >= 0.6 is 11.3 Å². The summed E-state index contributed by atoms with van der Waals surface area (Å²) >= 11 is 1.74. The summed E-state index contributed by atoms with van der Waals surface area (Å²) in [5.74, 6) is 6.78. The molecule has 0 bridgehead atoms. The van der Waals surface area contributed by atoms with E-state index in [1.165, 1.54) is 43.6 Å². The van der Waals surface area contributed by atoms with Gasteiger partial charge in [0.15, 0.2) is 0 Å². The number of thiophene rings is 1. The molecule has 3 rings (SSSR count). The van der Waals surface area contributed by atoms with Gasteiger partial charge < -0.3 is 19.5 Å². The van der Waals surface area contributed by atoms with Crippen molar-refractivity contribution in [2.24, 2.45) is 5.92 Å². The second kappa shape index (κ2) is 11.6. The van der Waals surface area contributed by atoms with Crippen LogP contribution < -0.4 is 0 Å². The molecule has 168 valence electrons. The molecule has 2 aliphatic rings. The lowest BCUT2D eigenvalue weighted by Gasteiger charge is -2.35. The van der Waals surface area contributed by atoms with E-state index >= 15 is 0 Å². The molecular formula is C24H38N2O3S. The summed E-state index contributed by atoms with van der Waals surface area (Å²) in [5.41, 5.74) is -0.950. The minimum absolute atomic E-state index is 0.376. The molecule has 3 heterocycles. The Kier molecular flexibility index (Phi) is 9.18. The second-order valence-corrected chi connectivity index (χ2v) is 10.4. The number of piperidine rings is 1. The predicted octanol–water partition coefficient (Wildman–Crippen LogP) is 3.21. The highest BCUT2D eigenvalue weighted by molar-refractivity contribution is 7.12. The average molecular weight is 435 g/mol. The number of rotatable bonds is 9. The van der Waals surface area contributed by atoms with Crippen molar-refractivity contribution in [1.29, 1.82) is 0 Å². The van der Waals surface area contributed by atoms with Gasteiger partial charge in [0.2, 0.25) is 0 Å². The van der Waals surface area contributed by atoms with E-state index in [1.807, 2.05) is 0 Å². The van der Waals surface area contributed by atoms with Crippen LogP contribution in [0, 0.1) is 17.8 Å². The summed E-state index contributed by atoms with van der Waals surface area (Å²) in [5, 5.41) is 9.84. The number of hydrogen-bond acceptors (Lipinski definition) is 6. The first kappa shape index (κ1) is 23.7. The van der Waals surface area contributed by atoms with E-state index in [0.29, 0.717) is 6.10 Å². The van der Waals surface area contributed by atoms with E-state index in [2.05, 4.69) is 33.8 Å². The van der Waals surface area contributed by atoms with Crippen molar-refractivity contribution in [1.82, 2.24) is 9.80 Å². The average Bonchev–Trinajstić information content (AvgIpc) is 3.37. The topological polar surface area (TPSA) is 45.2 Å². The maximum Gasteiger partial charge on any atom is 0.120 e. The van der Waals surface area contributed by atoms with E-state index in [9.17, 15) is 5.11 Å². The largest absolute Gasteiger partial charge is 0.383 e. The summed E-state index contributed by atoms with van der Waals surface area (Å²) in [6.07, 6.45) is 5.27. The van der Waals surface area contributed by atoms with Gasteiger partial charge in [0, 0.05) is 44.8 Å². The Bertz CT molecular complexity index is 689. The number of hydrogen-bond donors (Lipinski definition) is 1. The van der Waals surface area contributed by atoms with Crippen LogP contribution in [0.3, 0.4) is 0 Å². The zero-order valence-electron chi connectivity index (χ0n) is 18.9. The Hall–Kier alpha value is -0.940. The van der Waals surface area contributed by atoms with Gasteiger partial charge >= 0.3 is 0 Å². The van der Waals surface area contributed by atoms with Gasteiger partial charge in [0.1, 0.15) is 5.60 Å². The van der Waals surface area contributed by atoms with E-state index in [1.54, 1.807) is 32.3 Å². The molecule has 30 heavy (non-hydrogen) atoms. The van der Waals surface area contributed by atoms with Crippen molar-refractivity contribution in [2.45, 2.75) is 57.8 Å². The molecule has 0 aromatic carbocycles. The van der Waals surface area contributed by atoms with Crippen LogP contribution in [0.1, 0.15) is 49.3 Å². The molecule has 1 N–H and O–H groups in total. The monoisotopic (exact) mass is 434 g/mol. The van der Waals surface area contributed by atoms with Gasteiger partial charge in [-0.15, -0.1) is 11.3 Å². The summed E-state index contributed by atoms with van der Waals surface area (Å²) in [7, 11) is 1.78. The molecule has 0 aliphatic carbocycles. The van der Waals surface area contributed by atoms with Crippen molar-refractivity contribution >= 4 is 11.3 Å². The molecule has 5 nitrogen and oxygen atoms in total. The van der Waals surface area contributed by atoms with Gasteiger partial charge in [-0.1, -0.05) is 11.8 Å². The van der Waals surface area contributed by atoms with Crippen molar-refractivity contribution in [3.63, 3.8) is 0 Å². The van der Waals surface area contributed by atoms with Crippen molar-refractivity contribution in [2.75, 3.05) is 53.0 Å². The fourth-order valence-electron chi connectivity index (χ4n) is 4.22. The normalized spacial score (nSPS) is 21.2. The third-order valence-corrected chi connectivity index (χ3v) is 6.84.